The molecule has 1 saturated heterocycles. The van der Waals surface area contributed by atoms with Crippen molar-refractivity contribution in [2.45, 2.75) is 32.2 Å². The lowest BCUT2D eigenvalue weighted by atomic mass is 9.76. The first-order valence-electron chi connectivity index (χ1n) is 6.30. The maximum absolute atomic E-state index is 4.69. The lowest BCUT2D eigenvalue weighted by molar-refractivity contribution is 0.316. The number of fused-ring (bicyclic) bond motifs is 3. The van der Waals surface area contributed by atoms with Gasteiger partial charge in [-0.3, -0.25) is 0 Å². The second-order valence-electron chi connectivity index (χ2n) is 5.28. The molecule has 1 heterocycles. The molecule has 1 nitrogen and oxygen atoms in total. The van der Waals surface area contributed by atoms with Crippen LogP contribution in [0.1, 0.15) is 26.2 Å². The van der Waals surface area contributed by atoms with Crippen LogP contribution in [0, 0.1) is 11.8 Å². The topological polar surface area (TPSA) is 12.0 Å². The molecule has 16 heavy (non-hydrogen) atoms. The Hall–Kier alpha value is -0.470. The minimum Gasteiger partial charge on any atom is -0.314 e. The van der Waals surface area contributed by atoms with E-state index in [-0.39, 0.29) is 0 Å². The molecule has 0 amide bonds. The average Bonchev–Trinajstić information content (AvgIpc) is 2.40. The van der Waals surface area contributed by atoms with Gasteiger partial charge in [0.2, 0.25) is 0 Å². The third-order valence-electron chi connectivity index (χ3n) is 4.04. The maximum atomic E-state index is 4.69. The summed E-state index contributed by atoms with van der Waals surface area (Å²) in [5.74, 6) is 1.29. The summed E-state index contributed by atoms with van der Waals surface area (Å²) in [6.07, 6.45) is 10.7. The van der Waals surface area contributed by atoms with Crippen LogP contribution in [-0.4, -0.2) is 12.6 Å². The van der Waals surface area contributed by atoms with Gasteiger partial charge in [-0.05, 0) is 48.8 Å². The lowest BCUT2D eigenvalue weighted by Crippen LogP contribution is -2.41. The molecule has 0 aromatic rings. The third-order valence-corrected chi connectivity index (χ3v) is 4.46. The van der Waals surface area contributed by atoms with Crippen molar-refractivity contribution in [3.8, 4) is 0 Å². The van der Waals surface area contributed by atoms with Crippen LogP contribution in [-0.2, 0) is 0 Å². The van der Waals surface area contributed by atoms with Gasteiger partial charge in [0, 0.05) is 10.9 Å². The van der Waals surface area contributed by atoms with E-state index in [1.807, 2.05) is 0 Å². The van der Waals surface area contributed by atoms with Crippen molar-refractivity contribution >= 4 is 12.6 Å². The molecular formula is C14H19NS. The second-order valence-corrected chi connectivity index (χ2v) is 5.76. The number of hydrogen-bond acceptors (Lipinski definition) is 2. The first kappa shape index (κ1) is 10.7. The van der Waals surface area contributed by atoms with Crippen molar-refractivity contribution < 1.29 is 0 Å². The van der Waals surface area contributed by atoms with E-state index >= 15 is 0 Å². The molecule has 86 valence electrons. The number of allylic oxidation sites excluding steroid dienone is 5. The van der Waals surface area contributed by atoms with E-state index in [2.05, 4.69) is 30.5 Å². The number of hydrogen-bond donors (Lipinski definition) is 2. The molecule has 0 aromatic carbocycles. The molecule has 1 aliphatic heterocycles. The van der Waals surface area contributed by atoms with Gasteiger partial charge in [-0.1, -0.05) is 25.2 Å². The highest BCUT2D eigenvalue weighted by molar-refractivity contribution is 7.84. The highest BCUT2D eigenvalue weighted by Gasteiger charge is 2.32. The zero-order valence-corrected chi connectivity index (χ0v) is 10.6. The van der Waals surface area contributed by atoms with E-state index in [1.54, 1.807) is 5.57 Å². The standard InChI is InChI=1S/C14H19NS/c1-9-2-3-12-10-4-5-15-11(7-10)8-13(12)14(16)6-9/h2-3,6,9-11,15-16H,4-5,7-8H2,1H3. The van der Waals surface area contributed by atoms with Crippen LogP contribution in [0.2, 0.25) is 0 Å². The monoisotopic (exact) mass is 233 g/mol. The van der Waals surface area contributed by atoms with E-state index in [9.17, 15) is 0 Å². The summed E-state index contributed by atoms with van der Waals surface area (Å²) >= 11 is 4.69. The van der Waals surface area contributed by atoms with E-state index in [0.717, 1.165) is 12.3 Å². The van der Waals surface area contributed by atoms with Gasteiger partial charge in [-0.25, -0.2) is 0 Å². The first-order chi connectivity index (χ1) is 7.74. The molecule has 3 aliphatic rings. The summed E-state index contributed by atoms with van der Waals surface area (Å²) < 4.78 is 0. The second kappa shape index (κ2) is 4.08. The summed E-state index contributed by atoms with van der Waals surface area (Å²) in [6.45, 7) is 3.41. The fourth-order valence-electron chi connectivity index (χ4n) is 3.20. The molecule has 1 fully saturated rings. The minimum absolute atomic E-state index is 0.519. The van der Waals surface area contributed by atoms with Gasteiger partial charge in [0.15, 0.2) is 0 Å². The quantitative estimate of drug-likeness (QED) is 0.613. The normalized spacial score (nSPS) is 37.9. The zero-order valence-electron chi connectivity index (χ0n) is 9.74. The zero-order chi connectivity index (χ0) is 11.1. The number of rotatable bonds is 0. The summed E-state index contributed by atoms with van der Waals surface area (Å²) in [5, 5.41) is 3.62. The largest absolute Gasteiger partial charge is 0.314 e. The van der Waals surface area contributed by atoms with E-state index < -0.39 is 0 Å². The molecule has 0 saturated carbocycles. The fourth-order valence-corrected chi connectivity index (χ4v) is 3.66. The van der Waals surface area contributed by atoms with E-state index in [0.29, 0.717) is 12.0 Å². The average molecular weight is 233 g/mol. The molecule has 0 aromatic heterocycles. The molecule has 3 rings (SSSR count). The molecule has 3 unspecified atom stereocenters. The van der Waals surface area contributed by atoms with Gasteiger partial charge in [-0.15, -0.1) is 12.6 Å². The highest BCUT2D eigenvalue weighted by atomic mass is 32.1. The summed E-state index contributed by atoms with van der Waals surface area (Å²) in [7, 11) is 0. The Morgan fingerprint density at radius 2 is 2.31 bits per heavy atom. The first-order valence-corrected chi connectivity index (χ1v) is 6.74. The Kier molecular flexibility index (Phi) is 2.72. The van der Waals surface area contributed by atoms with Crippen LogP contribution >= 0.6 is 12.6 Å². The van der Waals surface area contributed by atoms with Crippen molar-refractivity contribution in [2.24, 2.45) is 11.8 Å². The molecule has 0 spiro atoms. The highest BCUT2D eigenvalue weighted by Crippen LogP contribution is 2.41. The van der Waals surface area contributed by atoms with Crippen molar-refractivity contribution in [1.82, 2.24) is 5.32 Å². The molecule has 1 N–H and O–H groups in total. The molecule has 2 heteroatoms. The minimum atomic E-state index is 0.519. The predicted molar refractivity (Wildman–Crippen MR) is 71.5 cm³/mol. The van der Waals surface area contributed by atoms with Crippen LogP contribution in [0.25, 0.3) is 0 Å². The smallest absolute Gasteiger partial charge is 0.0114 e. The summed E-state index contributed by atoms with van der Waals surface area (Å²) in [4.78, 5) is 1.21. The molecular weight excluding hydrogens is 214 g/mol. The SMILES string of the molecule is CC1C=CC2=C(CC3CC2CCN3)C(S)=C1. The third kappa shape index (κ3) is 1.78. The summed E-state index contributed by atoms with van der Waals surface area (Å²) in [6, 6.07) is 0.690. The molecule has 3 atom stereocenters. The van der Waals surface area contributed by atoms with Crippen LogP contribution in [0.3, 0.4) is 0 Å². The van der Waals surface area contributed by atoms with Gasteiger partial charge in [0.1, 0.15) is 0 Å². The van der Waals surface area contributed by atoms with Crippen molar-refractivity contribution in [3.63, 3.8) is 0 Å². The van der Waals surface area contributed by atoms with Gasteiger partial charge in [0.05, 0.1) is 0 Å². The number of piperidine rings is 1. The predicted octanol–water partition coefficient (Wildman–Crippen LogP) is 3.07. The Labute approximate surface area is 103 Å². The Morgan fingerprint density at radius 1 is 1.44 bits per heavy atom. The van der Waals surface area contributed by atoms with Crippen molar-refractivity contribution in [2.75, 3.05) is 6.54 Å². The lowest BCUT2D eigenvalue weighted by Gasteiger charge is -2.37. The van der Waals surface area contributed by atoms with Crippen LogP contribution in [0.4, 0.5) is 0 Å². The van der Waals surface area contributed by atoms with Crippen molar-refractivity contribution in [1.29, 1.82) is 0 Å². The number of nitrogens with one attached hydrogen (secondary N) is 1. The molecule has 2 bridgehead atoms. The van der Waals surface area contributed by atoms with Gasteiger partial charge in [0.25, 0.3) is 0 Å². The Bertz CT molecular complexity index is 392. The van der Waals surface area contributed by atoms with Crippen LogP contribution in [0.5, 0.6) is 0 Å². The van der Waals surface area contributed by atoms with Gasteiger partial charge < -0.3 is 5.32 Å². The van der Waals surface area contributed by atoms with Gasteiger partial charge in [-0.2, -0.15) is 0 Å². The van der Waals surface area contributed by atoms with Crippen LogP contribution < -0.4 is 5.32 Å². The Morgan fingerprint density at radius 3 is 3.19 bits per heavy atom. The number of thiol groups is 1. The van der Waals surface area contributed by atoms with E-state index in [1.165, 1.54) is 29.9 Å². The van der Waals surface area contributed by atoms with Crippen LogP contribution in [0.15, 0.2) is 34.3 Å². The van der Waals surface area contributed by atoms with Gasteiger partial charge >= 0.3 is 0 Å². The van der Waals surface area contributed by atoms with Crippen molar-refractivity contribution in [3.05, 3.63) is 34.3 Å². The molecule has 2 aliphatic carbocycles. The fraction of sp³-hybridized carbons (Fsp3) is 0.571. The Balaban J connectivity index is 2.04. The molecule has 0 radical (unpaired) electrons. The summed E-state index contributed by atoms with van der Waals surface area (Å²) in [5.41, 5.74) is 3.07. The maximum Gasteiger partial charge on any atom is 0.0114 e. The van der Waals surface area contributed by atoms with E-state index in [4.69, 9.17) is 12.6 Å².